The summed E-state index contributed by atoms with van der Waals surface area (Å²) in [6, 6.07) is 3.47. The molecule has 0 radical (unpaired) electrons. The quantitative estimate of drug-likeness (QED) is 0.775. The highest BCUT2D eigenvalue weighted by Gasteiger charge is 2.09. The summed E-state index contributed by atoms with van der Waals surface area (Å²) in [4.78, 5) is 0. The van der Waals surface area contributed by atoms with E-state index in [0.29, 0.717) is 22.3 Å². The van der Waals surface area contributed by atoms with E-state index in [1.807, 2.05) is 6.07 Å². The van der Waals surface area contributed by atoms with Crippen molar-refractivity contribution in [3.05, 3.63) is 27.7 Å². The van der Waals surface area contributed by atoms with Crippen molar-refractivity contribution in [2.75, 3.05) is 20.3 Å². The van der Waals surface area contributed by atoms with Gasteiger partial charge in [-0.2, -0.15) is 0 Å². The number of halogens is 2. The molecule has 1 rings (SSSR count). The largest absolute Gasteiger partial charge is 0.495 e. The minimum absolute atomic E-state index is 0.181. The van der Waals surface area contributed by atoms with Crippen molar-refractivity contribution in [3.63, 3.8) is 0 Å². The fourth-order valence-corrected chi connectivity index (χ4v) is 2.01. The highest BCUT2D eigenvalue weighted by molar-refractivity contribution is 6.35. The Morgan fingerprint density at radius 3 is 2.75 bits per heavy atom. The molecule has 0 heterocycles. The molecule has 16 heavy (non-hydrogen) atoms. The van der Waals surface area contributed by atoms with Crippen LogP contribution in [0.2, 0.25) is 10.0 Å². The maximum Gasteiger partial charge on any atom is 0.142 e. The zero-order valence-electron chi connectivity index (χ0n) is 9.09. The van der Waals surface area contributed by atoms with Gasteiger partial charge >= 0.3 is 0 Å². The van der Waals surface area contributed by atoms with E-state index in [4.69, 9.17) is 33.0 Å². The number of benzene rings is 1. The zero-order valence-corrected chi connectivity index (χ0v) is 10.6. The van der Waals surface area contributed by atoms with E-state index in [9.17, 15) is 0 Å². The van der Waals surface area contributed by atoms with E-state index in [1.165, 1.54) is 0 Å². The van der Waals surface area contributed by atoms with Crippen LogP contribution in [0.1, 0.15) is 12.0 Å². The van der Waals surface area contributed by atoms with Crippen LogP contribution in [0, 0.1) is 0 Å². The topological polar surface area (TPSA) is 41.5 Å². The monoisotopic (exact) mass is 263 g/mol. The SMILES string of the molecule is COc1c(Cl)cc(Cl)cc1CNCCCO. The Morgan fingerprint density at radius 1 is 1.38 bits per heavy atom. The molecule has 3 nitrogen and oxygen atoms in total. The maximum absolute atomic E-state index is 8.65. The Labute approximate surface area is 105 Å². The first-order valence-corrected chi connectivity index (χ1v) is 5.78. The number of rotatable bonds is 6. The fourth-order valence-electron chi connectivity index (χ4n) is 1.40. The Balaban J connectivity index is 2.69. The van der Waals surface area contributed by atoms with Crippen LogP contribution in [0.15, 0.2) is 12.1 Å². The van der Waals surface area contributed by atoms with Crippen molar-refractivity contribution < 1.29 is 9.84 Å². The molecule has 90 valence electrons. The summed E-state index contributed by atoms with van der Waals surface area (Å²) in [6.45, 7) is 1.54. The minimum atomic E-state index is 0.181. The molecule has 0 bridgehead atoms. The molecule has 0 fully saturated rings. The van der Waals surface area contributed by atoms with Gasteiger partial charge in [-0.05, 0) is 25.1 Å². The number of hydrogen-bond acceptors (Lipinski definition) is 3. The lowest BCUT2D eigenvalue weighted by molar-refractivity contribution is 0.286. The summed E-state index contributed by atoms with van der Waals surface area (Å²) in [5.74, 6) is 0.641. The maximum atomic E-state index is 8.65. The average molecular weight is 264 g/mol. The van der Waals surface area contributed by atoms with E-state index in [-0.39, 0.29) is 6.61 Å². The van der Waals surface area contributed by atoms with E-state index in [0.717, 1.165) is 18.5 Å². The van der Waals surface area contributed by atoms with Gasteiger partial charge in [0, 0.05) is 23.7 Å². The van der Waals surface area contributed by atoms with E-state index in [1.54, 1.807) is 13.2 Å². The molecule has 0 saturated carbocycles. The summed E-state index contributed by atoms with van der Waals surface area (Å²) in [6.07, 6.45) is 0.719. The van der Waals surface area contributed by atoms with Crippen molar-refractivity contribution in [2.24, 2.45) is 0 Å². The molecule has 1 aromatic carbocycles. The predicted octanol–water partition coefficient (Wildman–Crippen LogP) is 2.47. The first kappa shape index (κ1) is 13.6. The number of methoxy groups -OCH3 is 1. The molecule has 1 aromatic rings. The molecule has 0 spiro atoms. The second-order valence-electron chi connectivity index (χ2n) is 3.33. The smallest absolute Gasteiger partial charge is 0.142 e. The first-order valence-electron chi connectivity index (χ1n) is 5.02. The highest BCUT2D eigenvalue weighted by Crippen LogP contribution is 2.31. The van der Waals surface area contributed by atoms with Gasteiger partial charge in [-0.1, -0.05) is 23.2 Å². The molecule has 0 aliphatic rings. The summed E-state index contributed by atoms with van der Waals surface area (Å²) < 4.78 is 5.21. The third-order valence-corrected chi connectivity index (χ3v) is 2.62. The van der Waals surface area contributed by atoms with Gasteiger partial charge in [0.25, 0.3) is 0 Å². The molecule has 0 unspecified atom stereocenters. The predicted molar refractivity (Wildman–Crippen MR) is 66.4 cm³/mol. The fraction of sp³-hybridized carbons (Fsp3) is 0.455. The Hall–Kier alpha value is -0.480. The van der Waals surface area contributed by atoms with Crippen LogP contribution in [-0.4, -0.2) is 25.4 Å². The lowest BCUT2D eigenvalue weighted by atomic mass is 10.2. The van der Waals surface area contributed by atoms with Gasteiger partial charge in [0.1, 0.15) is 5.75 Å². The molecular formula is C11H15Cl2NO2. The van der Waals surface area contributed by atoms with Gasteiger partial charge in [-0.3, -0.25) is 0 Å². The summed E-state index contributed by atoms with van der Waals surface area (Å²) >= 11 is 11.9. The van der Waals surface area contributed by atoms with Crippen LogP contribution >= 0.6 is 23.2 Å². The highest BCUT2D eigenvalue weighted by atomic mass is 35.5. The van der Waals surface area contributed by atoms with Crippen LogP contribution in [0.5, 0.6) is 5.75 Å². The normalized spacial score (nSPS) is 10.5. The third-order valence-electron chi connectivity index (χ3n) is 2.12. The summed E-state index contributed by atoms with van der Waals surface area (Å²) in [5, 5.41) is 12.9. The van der Waals surface area contributed by atoms with Crippen LogP contribution in [0.3, 0.4) is 0 Å². The first-order chi connectivity index (χ1) is 7.69. The third kappa shape index (κ3) is 3.83. The molecule has 0 aliphatic carbocycles. The Morgan fingerprint density at radius 2 is 2.12 bits per heavy atom. The Kier molecular flexibility index (Phi) is 5.91. The molecule has 5 heteroatoms. The van der Waals surface area contributed by atoms with Gasteiger partial charge in [-0.25, -0.2) is 0 Å². The molecular weight excluding hydrogens is 249 g/mol. The van der Waals surface area contributed by atoms with E-state index >= 15 is 0 Å². The molecule has 2 N–H and O–H groups in total. The number of nitrogens with one attached hydrogen (secondary N) is 1. The summed E-state index contributed by atoms with van der Waals surface area (Å²) in [5.41, 5.74) is 0.915. The second-order valence-corrected chi connectivity index (χ2v) is 4.18. The standard InChI is InChI=1S/C11H15Cl2NO2/c1-16-11-8(7-14-3-2-4-15)5-9(12)6-10(11)13/h5-6,14-15H,2-4,7H2,1H3. The molecule has 0 amide bonds. The molecule has 0 aliphatic heterocycles. The van der Waals surface area contributed by atoms with Gasteiger partial charge in [0.15, 0.2) is 0 Å². The molecule has 0 saturated heterocycles. The van der Waals surface area contributed by atoms with Gasteiger partial charge < -0.3 is 15.2 Å². The van der Waals surface area contributed by atoms with Crippen LogP contribution in [0.25, 0.3) is 0 Å². The number of aliphatic hydroxyl groups excluding tert-OH is 1. The average Bonchev–Trinajstić information content (AvgIpc) is 2.24. The summed E-state index contributed by atoms with van der Waals surface area (Å²) in [7, 11) is 1.58. The van der Waals surface area contributed by atoms with Gasteiger partial charge in [0.05, 0.1) is 12.1 Å². The Bertz CT molecular complexity index is 345. The van der Waals surface area contributed by atoms with E-state index in [2.05, 4.69) is 5.32 Å². The van der Waals surface area contributed by atoms with Crippen molar-refractivity contribution >= 4 is 23.2 Å². The zero-order chi connectivity index (χ0) is 12.0. The van der Waals surface area contributed by atoms with Crippen molar-refractivity contribution in [2.45, 2.75) is 13.0 Å². The van der Waals surface area contributed by atoms with E-state index < -0.39 is 0 Å². The second kappa shape index (κ2) is 6.97. The van der Waals surface area contributed by atoms with Crippen LogP contribution in [-0.2, 0) is 6.54 Å². The minimum Gasteiger partial charge on any atom is -0.495 e. The van der Waals surface area contributed by atoms with Gasteiger partial charge in [-0.15, -0.1) is 0 Å². The molecule has 0 aromatic heterocycles. The van der Waals surface area contributed by atoms with Crippen molar-refractivity contribution in [1.82, 2.24) is 5.32 Å². The van der Waals surface area contributed by atoms with Crippen LogP contribution < -0.4 is 10.1 Å². The molecule has 0 atom stereocenters. The number of hydrogen-bond donors (Lipinski definition) is 2. The lowest BCUT2D eigenvalue weighted by Gasteiger charge is -2.11. The van der Waals surface area contributed by atoms with Crippen molar-refractivity contribution in [3.8, 4) is 5.75 Å². The van der Waals surface area contributed by atoms with Crippen molar-refractivity contribution in [1.29, 1.82) is 0 Å². The lowest BCUT2D eigenvalue weighted by Crippen LogP contribution is -2.16. The van der Waals surface area contributed by atoms with Gasteiger partial charge in [0.2, 0.25) is 0 Å². The number of ether oxygens (including phenoxy) is 1. The van der Waals surface area contributed by atoms with Crippen LogP contribution in [0.4, 0.5) is 0 Å². The number of aliphatic hydroxyl groups is 1.